The largest absolute Gasteiger partial charge is 0.368 e. The Hall–Kier alpha value is -2.88. The van der Waals surface area contributed by atoms with Crippen LogP contribution in [0.15, 0.2) is 66.7 Å². The second-order valence-corrected chi connectivity index (χ2v) is 6.44. The predicted molar refractivity (Wildman–Crippen MR) is 105 cm³/mol. The van der Waals surface area contributed by atoms with E-state index >= 15 is 0 Å². The Balaban J connectivity index is 1.94. The maximum absolute atomic E-state index is 4.78. The molecule has 0 aliphatic heterocycles. The van der Waals surface area contributed by atoms with E-state index in [0.29, 0.717) is 6.04 Å². The van der Waals surface area contributed by atoms with E-state index in [1.807, 2.05) is 42.5 Å². The van der Waals surface area contributed by atoms with Gasteiger partial charge in [0.05, 0.1) is 0 Å². The second-order valence-electron chi connectivity index (χ2n) is 6.44. The standard InChI is InChI=1S/C21H24N4/c1-16(2)22-19-14-20(25(3)15-17-10-6-4-7-11-17)24-21(23-19)18-12-8-5-9-13-18/h4-14,16H,15H2,1-3H3,(H,22,23,24). The third-order valence-corrected chi connectivity index (χ3v) is 3.83. The summed E-state index contributed by atoms with van der Waals surface area (Å²) in [6.45, 7) is 5.02. The monoisotopic (exact) mass is 332 g/mol. The second kappa shape index (κ2) is 7.79. The first-order chi connectivity index (χ1) is 12.1. The van der Waals surface area contributed by atoms with Gasteiger partial charge in [-0.25, -0.2) is 9.97 Å². The minimum absolute atomic E-state index is 0.311. The van der Waals surface area contributed by atoms with Gasteiger partial charge in [-0.15, -0.1) is 0 Å². The first kappa shape index (κ1) is 17.0. The molecule has 3 aromatic rings. The summed E-state index contributed by atoms with van der Waals surface area (Å²) in [5, 5.41) is 3.40. The third kappa shape index (κ3) is 4.57. The molecule has 4 nitrogen and oxygen atoms in total. The van der Waals surface area contributed by atoms with Crippen LogP contribution >= 0.6 is 0 Å². The molecule has 0 saturated heterocycles. The molecule has 0 saturated carbocycles. The molecule has 4 heteroatoms. The molecule has 1 N–H and O–H groups in total. The molecule has 0 unspecified atom stereocenters. The smallest absolute Gasteiger partial charge is 0.163 e. The summed E-state index contributed by atoms with van der Waals surface area (Å²) in [6, 6.07) is 22.8. The van der Waals surface area contributed by atoms with Crippen molar-refractivity contribution in [3.05, 3.63) is 72.3 Å². The van der Waals surface area contributed by atoms with Crippen molar-refractivity contribution in [1.29, 1.82) is 0 Å². The van der Waals surface area contributed by atoms with Crippen molar-refractivity contribution in [2.45, 2.75) is 26.4 Å². The highest BCUT2D eigenvalue weighted by Gasteiger charge is 2.11. The number of hydrogen-bond acceptors (Lipinski definition) is 4. The molecule has 2 aromatic carbocycles. The Bertz CT molecular complexity index is 801. The fourth-order valence-electron chi connectivity index (χ4n) is 2.65. The zero-order valence-electron chi connectivity index (χ0n) is 15.0. The molecule has 0 aliphatic rings. The number of hydrogen-bond donors (Lipinski definition) is 1. The lowest BCUT2D eigenvalue weighted by Gasteiger charge is -2.20. The summed E-state index contributed by atoms with van der Waals surface area (Å²) in [6.07, 6.45) is 0. The summed E-state index contributed by atoms with van der Waals surface area (Å²) in [5.74, 6) is 2.49. The number of anilines is 2. The molecule has 0 radical (unpaired) electrons. The van der Waals surface area contributed by atoms with Crippen molar-refractivity contribution in [3.63, 3.8) is 0 Å². The summed E-state index contributed by atoms with van der Waals surface area (Å²) < 4.78 is 0. The van der Waals surface area contributed by atoms with Gasteiger partial charge in [-0.05, 0) is 19.4 Å². The predicted octanol–water partition coefficient (Wildman–Crippen LogP) is 4.60. The zero-order chi connectivity index (χ0) is 17.6. The van der Waals surface area contributed by atoms with Gasteiger partial charge >= 0.3 is 0 Å². The van der Waals surface area contributed by atoms with Gasteiger partial charge in [0.1, 0.15) is 11.6 Å². The SMILES string of the molecule is CC(C)Nc1cc(N(C)Cc2ccccc2)nc(-c2ccccc2)n1. The van der Waals surface area contributed by atoms with E-state index in [9.17, 15) is 0 Å². The average Bonchev–Trinajstić information content (AvgIpc) is 2.62. The summed E-state index contributed by atoms with van der Waals surface area (Å²) in [5.41, 5.74) is 2.27. The number of rotatable bonds is 6. The van der Waals surface area contributed by atoms with E-state index < -0.39 is 0 Å². The van der Waals surface area contributed by atoms with E-state index in [1.54, 1.807) is 0 Å². The van der Waals surface area contributed by atoms with E-state index in [0.717, 1.165) is 29.6 Å². The highest BCUT2D eigenvalue weighted by Crippen LogP contribution is 2.23. The van der Waals surface area contributed by atoms with Crippen LogP contribution in [0.25, 0.3) is 11.4 Å². The van der Waals surface area contributed by atoms with Crippen molar-refractivity contribution in [2.24, 2.45) is 0 Å². The van der Waals surface area contributed by atoms with Gasteiger partial charge < -0.3 is 10.2 Å². The zero-order valence-corrected chi connectivity index (χ0v) is 15.0. The molecule has 128 valence electrons. The van der Waals surface area contributed by atoms with Crippen LogP contribution in [-0.4, -0.2) is 23.1 Å². The Morgan fingerprint density at radius 2 is 1.56 bits per heavy atom. The maximum atomic E-state index is 4.78. The molecule has 0 atom stereocenters. The van der Waals surface area contributed by atoms with Gasteiger partial charge in [0.15, 0.2) is 5.82 Å². The maximum Gasteiger partial charge on any atom is 0.163 e. The van der Waals surface area contributed by atoms with Crippen LogP contribution in [0.4, 0.5) is 11.6 Å². The first-order valence-corrected chi connectivity index (χ1v) is 8.58. The lowest BCUT2D eigenvalue weighted by Crippen LogP contribution is -2.19. The Morgan fingerprint density at radius 1 is 0.920 bits per heavy atom. The molecular weight excluding hydrogens is 308 g/mol. The quantitative estimate of drug-likeness (QED) is 0.716. The van der Waals surface area contributed by atoms with Gasteiger partial charge in [-0.2, -0.15) is 0 Å². The van der Waals surface area contributed by atoms with Crippen LogP contribution in [0.5, 0.6) is 0 Å². The van der Waals surface area contributed by atoms with Crippen LogP contribution in [0.1, 0.15) is 19.4 Å². The van der Waals surface area contributed by atoms with Crippen LogP contribution in [0, 0.1) is 0 Å². The highest BCUT2D eigenvalue weighted by atomic mass is 15.2. The lowest BCUT2D eigenvalue weighted by molar-refractivity contribution is 0.871. The van der Waals surface area contributed by atoms with Gasteiger partial charge in [0.25, 0.3) is 0 Å². The summed E-state index contributed by atoms with van der Waals surface area (Å²) >= 11 is 0. The molecule has 25 heavy (non-hydrogen) atoms. The molecular formula is C21H24N4. The third-order valence-electron chi connectivity index (χ3n) is 3.83. The van der Waals surface area contributed by atoms with Crippen molar-refractivity contribution in [2.75, 3.05) is 17.3 Å². The lowest BCUT2D eigenvalue weighted by atomic mass is 10.2. The Labute approximate surface area is 149 Å². The topological polar surface area (TPSA) is 41.0 Å². The highest BCUT2D eigenvalue weighted by molar-refractivity contribution is 5.61. The fraction of sp³-hybridized carbons (Fsp3) is 0.238. The first-order valence-electron chi connectivity index (χ1n) is 8.58. The van der Waals surface area contributed by atoms with Crippen LogP contribution in [0.2, 0.25) is 0 Å². The fourth-order valence-corrected chi connectivity index (χ4v) is 2.65. The Kier molecular flexibility index (Phi) is 5.29. The minimum Gasteiger partial charge on any atom is -0.368 e. The number of nitrogens with one attached hydrogen (secondary N) is 1. The van der Waals surface area contributed by atoms with Gasteiger partial charge in [-0.3, -0.25) is 0 Å². The summed E-state index contributed by atoms with van der Waals surface area (Å²) in [4.78, 5) is 11.6. The van der Waals surface area contributed by atoms with Crippen molar-refractivity contribution >= 4 is 11.6 Å². The minimum atomic E-state index is 0.311. The molecule has 0 spiro atoms. The molecule has 0 bridgehead atoms. The molecule has 3 rings (SSSR count). The number of aromatic nitrogens is 2. The van der Waals surface area contributed by atoms with Crippen LogP contribution < -0.4 is 10.2 Å². The van der Waals surface area contributed by atoms with Gasteiger partial charge in [0, 0.05) is 31.3 Å². The summed E-state index contributed by atoms with van der Waals surface area (Å²) in [7, 11) is 2.06. The van der Waals surface area contributed by atoms with E-state index in [1.165, 1.54) is 5.56 Å². The van der Waals surface area contributed by atoms with E-state index in [4.69, 9.17) is 4.98 Å². The molecule has 0 amide bonds. The normalized spacial score (nSPS) is 10.7. The van der Waals surface area contributed by atoms with Crippen molar-refractivity contribution in [3.8, 4) is 11.4 Å². The average molecular weight is 332 g/mol. The molecule has 0 fully saturated rings. The van der Waals surface area contributed by atoms with E-state index in [2.05, 4.69) is 60.4 Å². The molecule has 1 heterocycles. The number of benzene rings is 2. The van der Waals surface area contributed by atoms with Gasteiger partial charge in [0.2, 0.25) is 0 Å². The van der Waals surface area contributed by atoms with Crippen molar-refractivity contribution < 1.29 is 0 Å². The Morgan fingerprint density at radius 3 is 2.20 bits per heavy atom. The van der Waals surface area contributed by atoms with Crippen LogP contribution in [0.3, 0.4) is 0 Å². The molecule has 1 aromatic heterocycles. The number of nitrogens with zero attached hydrogens (tertiary/aromatic N) is 3. The van der Waals surface area contributed by atoms with Crippen LogP contribution in [-0.2, 0) is 6.54 Å². The van der Waals surface area contributed by atoms with E-state index in [-0.39, 0.29) is 0 Å². The molecule has 0 aliphatic carbocycles. The van der Waals surface area contributed by atoms with Gasteiger partial charge in [-0.1, -0.05) is 60.7 Å². The van der Waals surface area contributed by atoms with Crippen molar-refractivity contribution in [1.82, 2.24) is 9.97 Å².